The van der Waals surface area contributed by atoms with Crippen molar-refractivity contribution in [3.05, 3.63) is 373 Å². The number of rotatable bonds is 18. The van der Waals surface area contributed by atoms with Gasteiger partial charge in [-0.25, -0.2) is 0 Å². The van der Waals surface area contributed by atoms with Gasteiger partial charge in [-0.3, -0.25) is 0 Å². The summed E-state index contributed by atoms with van der Waals surface area (Å²) < 4.78 is 0. The predicted octanol–water partition coefficient (Wildman–Crippen LogP) is 29.5. The average molecular weight is 1340 g/mol. The second-order valence-corrected chi connectivity index (χ2v) is 29.4. The van der Waals surface area contributed by atoms with Gasteiger partial charge in [0.05, 0.1) is 5.41 Å². The summed E-state index contributed by atoms with van der Waals surface area (Å²) in [5.41, 5.74) is 24.9. The first-order valence-corrected chi connectivity index (χ1v) is 38.4. The van der Waals surface area contributed by atoms with E-state index in [1.54, 1.807) is 0 Å². The van der Waals surface area contributed by atoms with Gasteiger partial charge < -0.3 is 0 Å². The number of hydrogen-bond donors (Lipinski definition) is 0. The Morgan fingerprint density at radius 1 is 0.200 bits per heavy atom. The minimum Gasteiger partial charge on any atom is -0.0654 e. The van der Waals surface area contributed by atoms with Gasteiger partial charge in [-0.15, -0.1) is 0 Å². The summed E-state index contributed by atoms with van der Waals surface area (Å²) in [6, 6.07) is 131. The Morgan fingerprint density at radius 2 is 0.467 bits per heavy atom. The van der Waals surface area contributed by atoms with E-state index in [2.05, 4.69) is 354 Å². The van der Waals surface area contributed by atoms with E-state index in [0.717, 1.165) is 12.8 Å². The Bertz CT molecular complexity index is 5900. The van der Waals surface area contributed by atoms with E-state index in [0.29, 0.717) is 0 Å². The molecule has 19 rings (SSSR count). The van der Waals surface area contributed by atoms with Crippen LogP contribution >= 0.6 is 0 Å². The number of benzene rings is 18. The molecule has 0 atom stereocenters. The molecule has 0 radical (unpaired) electrons. The zero-order valence-electron chi connectivity index (χ0n) is 59.9. The van der Waals surface area contributed by atoms with Crippen LogP contribution in [-0.2, 0) is 18.3 Å². The van der Waals surface area contributed by atoms with Crippen molar-refractivity contribution in [2.45, 2.75) is 83.5 Å². The summed E-state index contributed by atoms with van der Waals surface area (Å²) in [6.07, 6.45) is 12.0. The van der Waals surface area contributed by atoms with Crippen LogP contribution in [0.3, 0.4) is 0 Å². The SMILES string of the molecule is CCCCCCc1ccc(C2(c3ccc(CCCCCC)cc3)c3cc(-c4ccc(-c5c6ccccc6c(-c6cccc7ccccc67)c6ccccc56)c5ccccc45)ccc3-c3ccc(-c4ccc(-c5c6ccccc6c(-c6cccc7ccccc67)c6ccccc56)c5ccccc45)cc32)cc1. The summed E-state index contributed by atoms with van der Waals surface area (Å²) in [7, 11) is 0. The van der Waals surface area contributed by atoms with Gasteiger partial charge in [-0.1, -0.05) is 380 Å². The number of fused-ring (bicyclic) bond motifs is 11. The lowest BCUT2D eigenvalue weighted by atomic mass is 9.66. The Hall–Kier alpha value is -12.0. The molecule has 0 unspecified atom stereocenters. The largest absolute Gasteiger partial charge is 0.0714 e. The quantitative estimate of drug-likeness (QED) is 0.0593. The standard InChI is InChI=1S/C105H82/c1-3-5-7-9-29-69-51-57-75(58-52-69)105(76-59-53-70(54-60-76)30-10-8-6-4-2)99-67-73(79-63-65-97(83-39-17-15-37-81(79)83)103-93-45-23-19-41-89(93)101(90-42-20-24-46-94(90)103)87-49-27-33-71-31-11-13-35-77(71)87)55-61-85(99)86-62-56-74(68-100(86)105)80-64-66-98(84-40-18-16-38-82(80)84)104-95-47-25-21-43-91(95)102(92-44-22-26-48-96(92)104)88-50-28-34-72-32-12-14-36-78(72)88/h11-28,31-68H,3-10,29-30H2,1-2H3. The van der Waals surface area contributed by atoms with Crippen LogP contribution in [0.15, 0.2) is 340 Å². The molecule has 105 heavy (non-hydrogen) atoms. The molecule has 0 heterocycles. The van der Waals surface area contributed by atoms with Crippen LogP contribution in [0.5, 0.6) is 0 Å². The van der Waals surface area contributed by atoms with Gasteiger partial charge in [-0.05, 0) is 235 Å². The molecule has 0 heteroatoms. The first-order valence-electron chi connectivity index (χ1n) is 38.4. The molecular formula is C105H82. The molecule has 1 aliphatic carbocycles. The highest BCUT2D eigenvalue weighted by atomic mass is 14.5. The second-order valence-electron chi connectivity index (χ2n) is 29.4. The van der Waals surface area contributed by atoms with Crippen molar-refractivity contribution in [3.63, 3.8) is 0 Å². The van der Waals surface area contributed by atoms with Crippen LogP contribution in [0.25, 0.3) is 164 Å². The van der Waals surface area contributed by atoms with Crippen LogP contribution in [0, 0.1) is 0 Å². The summed E-state index contributed by atoms with van der Waals surface area (Å²) in [4.78, 5) is 0. The lowest BCUT2D eigenvalue weighted by molar-refractivity contribution is 0.666. The minimum atomic E-state index is -0.684. The number of hydrogen-bond acceptors (Lipinski definition) is 0. The fraction of sp³-hybridized carbons (Fsp3) is 0.124. The molecule has 1 aliphatic rings. The van der Waals surface area contributed by atoms with E-state index in [9.17, 15) is 0 Å². The fourth-order valence-electron chi connectivity index (χ4n) is 18.6. The van der Waals surface area contributed by atoms with Crippen molar-refractivity contribution < 1.29 is 0 Å². The molecule has 502 valence electrons. The first kappa shape index (κ1) is 63.9. The zero-order valence-corrected chi connectivity index (χ0v) is 59.9. The summed E-state index contributed by atoms with van der Waals surface area (Å²) in [6.45, 7) is 4.62. The molecule has 0 saturated carbocycles. The smallest absolute Gasteiger partial charge is 0.0654 e. The third kappa shape index (κ3) is 10.7. The van der Waals surface area contributed by atoms with Crippen LogP contribution in [0.2, 0.25) is 0 Å². The second kappa shape index (κ2) is 27.0. The topological polar surface area (TPSA) is 0 Å². The van der Waals surface area contributed by atoms with Crippen molar-refractivity contribution in [2.75, 3.05) is 0 Å². The van der Waals surface area contributed by atoms with Crippen molar-refractivity contribution in [1.29, 1.82) is 0 Å². The highest BCUT2D eigenvalue weighted by Gasteiger charge is 2.47. The van der Waals surface area contributed by atoms with Gasteiger partial charge in [0.25, 0.3) is 0 Å². The maximum atomic E-state index is 2.60. The van der Waals surface area contributed by atoms with Crippen molar-refractivity contribution in [2.24, 2.45) is 0 Å². The number of aryl methyl sites for hydroxylation is 2. The Kier molecular flexibility index (Phi) is 16.4. The molecule has 0 aromatic heterocycles. The van der Waals surface area contributed by atoms with Crippen LogP contribution < -0.4 is 0 Å². The molecule has 0 N–H and O–H groups in total. The average Bonchev–Trinajstić information content (AvgIpc) is 1.70. The monoisotopic (exact) mass is 1340 g/mol. The Morgan fingerprint density at radius 3 is 0.800 bits per heavy atom. The van der Waals surface area contributed by atoms with E-state index >= 15 is 0 Å². The fourth-order valence-corrected chi connectivity index (χ4v) is 18.6. The van der Waals surface area contributed by atoms with Crippen LogP contribution in [0.4, 0.5) is 0 Å². The molecule has 0 saturated heterocycles. The lowest BCUT2D eigenvalue weighted by Gasteiger charge is -2.35. The summed E-state index contributed by atoms with van der Waals surface area (Å²) in [5, 5.41) is 20.0. The number of unbranched alkanes of at least 4 members (excludes halogenated alkanes) is 6. The van der Waals surface area contributed by atoms with E-state index < -0.39 is 5.41 Å². The minimum absolute atomic E-state index is 0.684. The Labute approximate surface area is 616 Å². The maximum Gasteiger partial charge on any atom is 0.0714 e. The Balaban J connectivity index is 0.804. The highest BCUT2D eigenvalue weighted by Crippen LogP contribution is 2.59. The van der Waals surface area contributed by atoms with Gasteiger partial charge in [0, 0.05) is 0 Å². The van der Waals surface area contributed by atoms with Crippen LogP contribution in [0.1, 0.15) is 98.6 Å². The molecule has 0 nitrogen and oxygen atoms in total. The first-order chi connectivity index (χ1) is 52.0. The third-order valence-corrected chi connectivity index (χ3v) is 23.5. The third-order valence-electron chi connectivity index (χ3n) is 23.5. The summed E-state index contributed by atoms with van der Waals surface area (Å²) in [5.74, 6) is 0. The summed E-state index contributed by atoms with van der Waals surface area (Å²) >= 11 is 0. The van der Waals surface area contributed by atoms with Gasteiger partial charge >= 0.3 is 0 Å². The molecule has 18 aromatic rings. The maximum absolute atomic E-state index is 2.60. The van der Waals surface area contributed by atoms with Crippen molar-refractivity contribution in [1.82, 2.24) is 0 Å². The van der Waals surface area contributed by atoms with Gasteiger partial charge in [-0.2, -0.15) is 0 Å². The van der Waals surface area contributed by atoms with E-state index in [1.165, 1.54) is 249 Å². The molecule has 18 aromatic carbocycles. The van der Waals surface area contributed by atoms with E-state index in [1.807, 2.05) is 0 Å². The molecule has 0 aliphatic heterocycles. The zero-order chi connectivity index (χ0) is 70.0. The molecule has 0 spiro atoms. The van der Waals surface area contributed by atoms with Crippen molar-refractivity contribution in [3.8, 4) is 77.9 Å². The highest BCUT2D eigenvalue weighted by molar-refractivity contribution is 6.28. The van der Waals surface area contributed by atoms with Gasteiger partial charge in [0.15, 0.2) is 0 Å². The molecular weight excluding hydrogens is 1260 g/mol. The molecule has 0 amide bonds. The van der Waals surface area contributed by atoms with E-state index in [-0.39, 0.29) is 0 Å². The van der Waals surface area contributed by atoms with Gasteiger partial charge in [0.1, 0.15) is 0 Å². The van der Waals surface area contributed by atoms with E-state index in [4.69, 9.17) is 0 Å². The van der Waals surface area contributed by atoms with Gasteiger partial charge in [0.2, 0.25) is 0 Å². The lowest BCUT2D eigenvalue weighted by Crippen LogP contribution is -2.28. The normalized spacial score (nSPS) is 12.6. The van der Waals surface area contributed by atoms with Crippen LogP contribution in [-0.4, -0.2) is 0 Å². The predicted molar refractivity (Wildman–Crippen MR) is 452 cm³/mol. The molecule has 0 fully saturated rings. The van der Waals surface area contributed by atoms with Crippen molar-refractivity contribution >= 4 is 86.2 Å². The molecule has 0 bridgehead atoms.